The van der Waals surface area contributed by atoms with Crippen molar-refractivity contribution in [1.29, 1.82) is 0 Å². The number of carbonyl (C=O) groups excluding carboxylic acids is 2. The van der Waals surface area contributed by atoms with Gasteiger partial charge in [0.2, 0.25) is 0 Å². The monoisotopic (exact) mass is 464 g/mol. The van der Waals surface area contributed by atoms with Crippen molar-refractivity contribution in [3.05, 3.63) is 35.9 Å². The Morgan fingerprint density at radius 2 is 1.88 bits per heavy atom. The molecule has 132 valence electrons. The molecule has 6 nitrogen and oxygen atoms in total. The van der Waals surface area contributed by atoms with Crippen LogP contribution in [0.4, 0.5) is 4.79 Å². The molecule has 0 heterocycles. The minimum absolute atomic E-state index is 0.0824. The first-order chi connectivity index (χ1) is 11.2. The van der Waals surface area contributed by atoms with E-state index in [9.17, 15) is 9.59 Å². The normalized spacial score (nSPS) is 12.0. The van der Waals surface area contributed by atoms with E-state index in [1.807, 2.05) is 53.2 Å². The molecule has 1 aromatic carbocycles. The average molecular weight is 464 g/mol. The highest BCUT2D eigenvalue weighted by molar-refractivity contribution is 14.1. The van der Waals surface area contributed by atoms with Crippen LogP contribution >= 0.6 is 35.1 Å². The van der Waals surface area contributed by atoms with Gasteiger partial charge in [0.15, 0.2) is 0 Å². The van der Waals surface area contributed by atoms with Crippen LogP contribution in [0.3, 0.4) is 0 Å². The summed E-state index contributed by atoms with van der Waals surface area (Å²) in [6.07, 6.45) is -0.724. The standard InChI is InChI=1S/C16H21IN2O4S/c1-16(2,3)23-15(21)18-12(14(24)19-17)9-13(20)22-10-11-7-5-4-6-8-11/h4-8,12H,9-10H2,1-3H3,(H,18,21)(H,19,24)/t12-/m0/s1. The molecule has 1 aromatic rings. The third kappa shape index (κ3) is 8.44. The number of benzene rings is 1. The van der Waals surface area contributed by atoms with Gasteiger partial charge >= 0.3 is 12.1 Å². The molecule has 0 fully saturated rings. The third-order valence-electron chi connectivity index (χ3n) is 2.71. The molecule has 1 rings (SSSR count). The first-order valence-corrected chi connectivity index (χ1v) is 8.79. The zero-order chi connectivity index (χ0) is 18.2. The molecule has 0 spiro atoms. The molecule has 0 aromatic heterocycles. The zero-order valence-corrected chi connectivity index (χ0v) is 16.8. The minimum Gasteiger partial charge on any atom is -0.461 e. The van der Waals surface area contributed by atoms with Crippen LogP contribution in [-0.4, -0.2) is 28.7 Å². The van der Waals surface area contributed by atoms with Crippen molar-refractivity contribution in [2.24, 2.45) is 0 Å². The number of thiocarbonyl (C=S) groups is 1. The van der Waals surface area contributed by atoms with Gasteiger partial charge in [-0.1, -0.05) is 42.5 Å². The van der Waals surface area contributed by atoms with Crippen molar-refractivity contribution < 1.29 is 19.1 Å². The van der Waals surface area contributed by atoms with Gasteiger partial charge in [0.1, 0.15) is 17.2 Å². The molecule has 8 heteroatoms. The number of hydrogen-bond donors (Lipinski definition) is 2. The molecule has 0 bridgehead atoms. The maximum atomic E-state index is 12.0. The summed E-state index contributed by atoms with van der Waals surface area (Å²) in [6.45, 7) is 5.43. The zero-order valence-electron chi connectivity index (χ0n) is 13.8. The van der Waals surface area contributed by atoms with Gasteiger partial charge in [-0.15, -0.1) is 0 Å². The topological polar surface area (TPSA) is 76.7 Å². The summed E-state index contributed by atoms with van der Waals surface area (Å²) in [5.41, 5.74) is 0.249. The Kier molecular flexibility index (Phi) is 8.40. The first-order valence-electron chi connectivity index (χ1n) is 7.31. The van der Waals surface area contributed by atoms with Crippen molar-refractivity contribution >= 4 is 52.1 Å². The van der Waals surface area contributed by atoms with Gasteiger partial charge in [0.05, 0.1) is 35.3 Å². The predicted octanol–water partition coefficient (Wildman–Crippen LogP) is 3.28. The van der Waals surface area contributed by atoms with Crippen molar-refractivity contribution in [3.8, 4) is 0 Å². The number of rotatable bonds is 6. The van der Waals surface area contributed by atoms with Crippen molar-refractivity contribution in [2.45, 2.75) is 45.4 Å². The molecule has 0 radical (unpaired) electrons. The van der Waals surface area contributed by atoms with E-state index in [-0.39, 0.29) is 13.0 Å². The van der Waals surface area contributed by atoms with E-state index in [4.69, 9.17) is 21.7 Å². The Morgan fingerprint density at radius 3 is 2.42 bits per heavy atom. The lowest BCUT2D eigenvalue weighted by molar-refractivity contribution is -0.145. The quantitative estimate of drug-likeness (QED) is 0.291. The summed E-state index contributed by atoms with van der Waals surface area (Å²) >= 11 is 6.98. The lowest BCUT2D eigenvalue weighted by Gasteiger charge is -2.23. The van der Waals surface area contributed by atoms with Gasteiger partial charge < -0.3 is 18.3 Å². The Bertz CT molecular complexity index is 575. The van der Waals surface area contributed by atoms with Crippen LogP contribution in [0, 0.1) is 0 Å². The Labute approximate surface area is 161 Å². The summed E-state index contributed by atoms with van der Waals surface area (Å²) in [5, 5.41) is 2.58. The molecule has 0 unspecified atom stereocenters. The summed E-state index contributed by atoms with van der Waals surface area (Å²) in [4.78, 5) is 24.2. The van der Waals surface area contributed by atoms with Crippen LogP contribution in [0.5, 0.6) is 0 Å². The molecular weight excluding hydrogens is 443 g/mol. The van der Waals surface area contributed by atoms with Crippen molar-refractivity contribution in [2.75, 3.05) is 0 Å². The van der Waals surface area contributed by atoms with Crippen LogP contribution < -0.4 is 8.85 Å². The van der Waals surface area contributed by atoms with Crippen LogP contribution in [0.2, 0.25) is 0 Å². The summed E-state index contributed by atoms with van der Waals surface area (Å²) < 4.78 is 13.1. The van der Waals surface area contributed by atoms with Gasteiger partial charge in [0.25, 0.3) is 0 Å². The molecule has 1 atom stereocenters. The highest BCUT2D eigenvalue weighted by Gasteiger charge is 2.24. The number of alkyl carbamates (subject to hydrolysis) is 1. The molecule has 24 heavy (non-hydrogen) atoms. The maximum Gasteiger partial charge on any atom is 0.408 e. The van der Waals surface area contributed by atoms with Crippen molar-refractivity contribution in [1.82, 2.24) is 8.85 Å². The second kappa shape index (κ2) is 9.77. The van der Waals surface area contributed by atoms with E-state index >= 15 is 0 Å². The highest BCUT2D eigenvalue weighted by Crippen LogP contribution is 2.09. The van der Waals surface area contributed by atoms with E-state index < -0.39 is 23.7 Å². The molecule has 2 N–H and O–H groups in total. The Morgan fingerprint density at radius 1 is 1.25 bits per heavy atom. The first kappa shape index (κ1) is 20.6. The summed E-state index contributed by atoms with van der Waals surface area (Å²) in [5.74, 6) is -0.464. The van der Waals surface area contributed by atoms with Gasteiger partial charge in [-0.05, 0) is 26.3 Å². The predicted molar refractivity (Wildman–Crippen MR) is 104 cm³/mol. The molecule has 0 saturated carbocycles. The molecule has 0 saturated heterocycles. The van der Waals surface area contributed by atoms with Crippen LogP contribution in [0.1, 0.15) is 32.8 Å². The molecule has 1 amide bonds. The number of hydrogen-bond acceptors (Lipinski definition) is 5. The third-order valence-corrected chi connectivity index (χ3v) is 4.05. The molecule has 0 aliphatic rings. The Balaban J connectivity index is 2.57. The van der Waals surface area contributed by atoms with E-state index in [0.717, 1.165) is 5.56 Å². The van der Waals surface area contributed by atoms with Crippen molar-refractivity contribution in [3.63, 3.8) is 0 Å². The number of nitrogens with one attached hydrogen (secondary N) is 2. The lowest BCUT2D eigenvalue weighted by Crippen LogP contribution is -2.46. The molecule has 0 aliphatic heterocycles. The highest BCUT2D eigenvalue weighted by atomic mass is 127. The Hall–Kier alpha value is -1.42. The van der Waals surface area contributed by atoms with Crippen LogP contribution in [-0.2, 0) is 20.9 Å². The van der Waals surface area contributed by atoms with Gasteiger partial charge in [-0.2, -0.15) is 0 Å². The summed E-state index contributed by atoms with van der Waals surface area (Å²) in [7, 11) is 0. The average Bonchev–Trinajstić information content (AvgIpc) is 2.50. The fraction of sp³-hybridized carbons (Fsp3) is 0.438. The fourth-order valence-electron chi connectivity index (χ4n) is 1.69. The summed E-state index contributed by atoms with van der Waals surface area (Å²) in [6, 6.07) is 8.64. The smallest absolute Gasteiger partial charge is 0.408 e. The SMILES string of the molecule is CC(C)(C)OC(=O)N[C@@H](CC(=O)OCc1ccccc1)C(=S)NI. The number of carbonyl (C=O) groups is 2. The maximum absolute atomic E-state index is 12.0. The van der Waals surface area contributed by atoms with Gasteiger partial charge in [-0.25, -0.2) is 4.79 Å². The number of amides is 1. The van der Waals surface area contributed by atoms with Crippen LogP contribution in [0.15, 0.2) is 30.3 Å². The van der Waals surface area contributed by atoms with Crippen LogP contribution in [0.25, 0.3) is 0 Å². The molecular formula is C16H21IN2O4S. The van der Waals surface area contributed by atoms with Gasteiger partial charge in [-0.3, -0.25) is 4.79 Å². The second-order valence-electron chi connectivity index (χ2n) is 6.01. The lowest BCUT2D eigenvalue weighted by atomic mass is 10.2. The largest absolute Gasteiger partial charge is 0.461 e. The van der Waals surface area contributed by atoms with Gasteiger partial charge in [0, 0.05) is 0 Å². The van der Waals surface area contributed by atoms with E-state index in [2.05, 4.69) is 8.85 Å². The number of esters is 1. The van der Waals surface area contributed by atoms with E-state index in [1.165, 1.54) is 0 Å². The molecule has 0 aliphatic carbocycles. The second-order valence-corrected chi connectivity index (χ2v) is 6.99. The number of ether oxygens (including phenoxy) is 2. The van der Waals surface area contributed by atoms with E-state index in [1.54, 1.807) is 20.8 Å². The minimum atomic E-state index is -0.699. The number of halogens is 1. The fourth-order valence-corrected chi connectivity index (χ4v) is 2.21. The van der Waals surface area contributed by atoms with E-state index in [0.29, 0.717) is 4.99 Å².